The van der Waals surface area contributed by atoms with Crippen LogP contribution in [0.5, 0.6) is 0 Å². The molecule has 4 heteroatoms. The molecular weight excluding hydrogens is 264 g/mol. The zero-order chi connectivity index (χ0) is 12.5. The van der Waals surface area contributed by atoms with E-state index in [-0.39, 0.29) is 0 Å². The first kappa shape index (κ1) is 11.6. The maximum atomic E-state index is 5.97. The van der Waals surface area contributed by atoms with Gasteiger partial charge in [-0.05, 0) is 30.5 Å². The lowest BCUT2D eigenvalue weighted by Crippen LogP contribution is -1.83. The van der Waals surface area contributed by atoms with Crippen LogP contribution in [0.25, 0.3) is 22.4 Å². The molecule has 2 aromatic carbocycles. The van der Waals surface area contributed by atoms with E-state index in [0.717, 1.165) is 22.4 Å². The molecule has 90 valence electrons. The number of fused-ring (bicyclic) bond motifs is 1. The summed E-state index contributed by atoms with van der Waals surface area (Å²) in [6, 6.07) is 13.9. The highest BCUT2D eigenvalue weighted by Gasteiger charge is 2.09. The summed E-state index contributed by atoms with van der Waals surface area (Å²) in [6.45, 7) is 0. The number of imidazole rings is 1. The molecule has 0 aliphatic heterocycles. The van der Waals surface area contributed by atoms with Crippen molar-refractivity contribution in [2.45, 2.75) is 4.90 Å². The first-order valence-corrected chi connectivity index (χ1v) is 7.17. The van der Waals surface area contributed by atoms with Crippen LogP contribution < -0.4 is 0 Å². The summed E-state index contributed by atoms with van der Waals surface area (Å²) in [5.74, 6) is 0.886. The van der Waals surface area contributed by atoms with Crippen molar-refractivity contribution in [3.63, 3.8) is 0 Å². The summed E-state index contributed by atoms with van der Waals surface area (Å²) in [7, 11) is 0. The van der Waals surface area contributed by atoms with Crippen LogP contribution in [-0.4, -0.2) is 16.2 Å². The van der Waals surface area contributed by atoms with Crippen molar-refractivity contribution < 1.29 is 0 Å². The zero-order valence-corrected chi connectivity index (χ0v) is 11.3. The molecule has 1 heterocycles. The van der Waals surface area contributed by atoms with Gasteiger partial charge in [-0.25, -0.2) is 4.98 Å². The van der Waals surface area contributed by atoms with Gasteiger partial charge in [0.15, 0.2) is 0 Å². The van der Waals surface area contributed by atoms with Gasteiger partial charge in [0.2, 0.25) is 0 Å². The number of hydrogen-bond donors (Lipinski definition) is 1. The summed E-state index contributed by atoms with van der Waals surface area (Å²) in [6.07, 6.45) is 2.07. The molecule has 2 nitrogen and oxygen atoms in total. The molecule has 0 unspecified atom stereocenters. The number of nitrogens with zero attached hydrogens (tertiary/aromatic N) is 1. The average molecular weight is 275 g/mol. The molecule has 0 saturated heterocycles. The monoisotopic (exact) mass is 274 g/mol. The average Bonchev–Trinajstić information content (AvgIpc) is 2.81. The largest absolute Gasteiger partial charge is 0.338 e. The van der Waals surface area contributed by atoms with E-state index in [0.29, 0.717) is 5.02 Å². The number of thioether (sulfide) groups is 1. The molecule has 0 amide bonds. The van der Waals surface area contributed by atoms with Crippen LogP contribution in [-0.2, 0) is 0 Å². The Morgan fingerprint density at radius 3 is 2.83 bits per heavy atom. The maximum absolute atomic E-state index is 5.97. The number of aromatic amines is 1. The van der Waals surface area contributed by atoms with Crippen LogP contribution >= 0.6 is 23.4 Å². The van der Waals surface area contributed by atoms with Crippen LogP contribution in [0.15, 0.2) is 47.4 Å². The van der Waals surface area contributed by atoms with Crippen molar-refractivity contribution in [1.82, 2.24) is 9.97 Å². The molecule has 1 aromatic heterocycles. The topological polar surface area (TPSA) is 28.7 Å². The van der Waals surface area contributed by atoms with Gasteiger partial charge in [0.25, 0.3) is 0 Å². The molecule has 0 spiro atoms. The van der Waals surface area contributed by atoms with Crippen molar-refractivity contribution in [3.8, 4) is 11.4 Å². The summed E-state index contributed by atoms with van der Waals surface area (Å²) in [4.78, 5) is 9.14. The van der Waals surface area contributed by atoms with Gasteiger partial charge >= 0.3 is 0 Å². The lowest BCUT2D eigenvalue weighted by atomic mass is 10.2. The minimum absolute atomic E-state index is 0.707. The molecule has 0 aliphatic carbocycles. The molecule has 3 aromatic rings. The van der Waals surface area contributed by atoms with Gasteiger partial charge in [-0.15, -0.1) is 11.8 Å². The summed E-state index contributed by atoms with van der Waals surface area (Å²) >= 11 is 7.69. The second-order valence-corrected chi connectivity index (χ2v) is 5.23. The van der Waals surface area contributed by atoms with E-state index in [9.17, 15) is 0 Å². The number of aromatic nitrogens is 2. The fraction of sp³-hybridized carbons (Fsp3) is 0.0714. The first-order valence-electron chi connectivity index (χ1n) is 5.56. The highest BCUT2D eigenvalue weighted by molar-refractivity contribution is 7.98. The lowest BCUT2D eigenvalue weighted by molar-refractivity contribution is 1.29. The van der Waals surface area contributed by atoms with Gasteiger partial charge in [0.05, 0.1) is 11.0 Å². The summed E-state index contributed by atoms with van der Waals surface area (Å²) in [5.41, 5.74) is 3.02. The number of hydrogen-bond acceptors (Lipinski definition) is 2. The highest BCUT2D eigenvalue weighted by atomic mass is 35.5. The van der Waals surface area contributed by atoms with E-state index in [4.69, 9.17) is 11.6 Å². The Balaban J connectivity index is 2.19. The third kappa shape index (κ3) is 2.00. The van der Waals surface area contributed by atoms with Crippen LogP contribution in [0.3, 0.4) is 0 Å². The molecule has 1 N–H and O–H groups in total. The maximum Gasteiger partial charge on any atom is 0.139 e. The molecule has 18 heavy (non-hydrogen) atoms. The minimum Gasteiger partial charge on any atom is -0.338 e. The molecule has 0 bridgehead atoms. The molecular formula is C14H11ClN2S. The van der Waals surface area contributed by atoms with Crippen molar-refractivity contribution >= 4 is 34.4 Å². The van der Waals surface area contributed by atoms with E-state index >= 15 is 0 Å². The van der Waals surface area contributed by atoms with E-state index in [1.165, 1.54) is 4.90 Å². The third-order valence-corrected chi connectivity index (χ3v) is 3.84. The van der Waals surface area contributed by atoms with Crippen molar-refractivity contribution in [2.24, 2.45) is 0 Å². The normalized spacial score (nSPS) is 11.0. The summed E-state index contributed by atoms with van der Waals surface area (Å²) < 4.78 is 0. The van der Waals surface area contributed by atoms with Gasteiger partial charge in [-0.1, -0.05) is 29.8 Å². The quantitative estimate of drug-likeness (QED) is 0.692. The Hall–Kier alpha value is -1.45. The predicted octanol–water partition coefficient (Wildman–Crippen LogP) is 4.61. The van der Waals surface area contributed by atoms with E-state index < -0.39 is 0 Å². The fourth-order valence-electron chi connectivity index (χ4n) is 1.95. The number of H-pyrrole nitrogens is 1. The van der Waals surface area contributed by atoms with Gasteiger partial charge in [0, 0.05) is 15.5 Å². The molecule has 0 aliphatic rings. The van der Waals surface area contributed by atoms with Crippen molar-refractivity contribution in [1.29, 1.82) is 0 Å². The van der Waals surface area contributed by atoms with Gasteiger partial charge < -0.3 is 4.98 Å². The van der Waals surface area contributed by atoms with Crippen LogP contribution in [0, 0.1) is 0 Å². The van der Waals surface area contributed by atoms with E-state index in [1.807, 2.05) is 30.3 Å². The standard InChI is InChI=1S/C14H11ClN2S/c1-18-13-5-3-2-4-10(13)14-16-11-7-6-9(15)8-12(11)17-14/h2-8H,1H3,(H,16,17). The Kier molecular flexibility index (Phi) is 3.02. The van der Waals surface area contributed by atoms with Crippen LogP contribution in [0.4, 0.5) is 0 Å². The summed E-state index contributed by atoms with van der Waals surface area (Å²) in [5, 5.41) is 0.707. The van der Waals surface area contributed by atoms with Gasteiger partial charge in [0.1, 0.15) is 5.82 Å². The van der Waals surface area contributed by atoms with Gasteiger partial charge in [-0.3, -0.25) is 0 Å². The van der Waals surface area contributed by atoms with Gasteiger partial charge in [-0.2, -0.15) is 0 Å². The van der Waals surface area contributed by atoms with E-state index in [2.05, 4.69) is 28.4 Å². The SMILES string of the molecule is CSc1ccccc1-c1nc2cc(Cl)ccc2[nH]1. The van der Waals surface area contributed by atoms with Crippen LogP contribution in [0.2, 0.25) is 5.02 Å². The second kappa shape index (κ2) is 4.67. The predicted molar refractivity (Wildman–Crippen MR) is 78.3 cm³/mol. The van der Waals surface area contributed by atoms with Crippen molar-refractivity contribution in [3.05, 3.63) is 47.5 Å². The Bertz CT molecular complexity index is 706. The molecule has 0 radical (unpaired) electrons. The van der Waals surface area contributed by atoms with Crippen molar-refractivity contribution in [2.75, 3.05) is 6.26 Å². The minimum atomic E-state index is 0.707. The Labute approximate surface area is 114 Å². The number of nitrogens with one attached hydrogen (secondary N) is 1. The van der Waals surface area contributed by atoms with E-state index in [1.54, 1.807) is 11.8 Å². The zero-order valence-electron chi connectivity index (χ0n) is 9.77. The highest BCUT2D eigenvalue weighted by Crippen LogP contribution is 2.29. The molecule has 3 rings (SSSR count). The number of benzene rings is 2. The third-order valence-electron chi connectivity index (χ3n) is 2.81. The molecule has 0 fully saturated rings. The first-order chi connectivity index (χ1) is 8.78. The molecule has 0 saturated carbocycles. The lowest BCUT2D eigenvalue weighted by Gasteiger charge is -2.02. The molecule has 0 atom stereocenters. The Morgan fingerprint density at radius 2 is 2.00 bits per heavy atom. The van der Waals surface area contributed by atoms with Crippen LogP contribution in [0.1, 0.15) is 0 Å². The Morgan fingerprint density at radius 1 is 1.17 bits per heavy atom. The second-order valence-electron chi connectivity index (χ2n) is 3.95. The smallest absolute Gasteiger partial charge is 0.139 e. The number of halogens is 1. The number of rotatable bonds is 2. The fourth-order valence-corrected chi connectivity index (χ4v) is 2.71.